The van der Waals surface area contributed by atoms with Crippen molar-refractivity contribution in [1.82, 2.24) is 34.3 Å². The van der Waals surface area contributed by atoms with Crippen LogP contribution >= 0.6 is 0 Å². The molecule has 0 spiro atoms. The first-order chi connectivity index (χ1) is 19.1. The van der Waals surface area contributed by atoms with Crippen molar-refractivity contribution in [2.45, 2.75) is 5.75 Å². The van der Waals surface area contributed by atoms with E-state index in [-0.39, 0.29) is 5.75 Å². The summed E-state index contributed by atoms with van der Waals surface area (Å²) in [4.78, 5) is 11.6. The molecule has 0 radical (unpaired) electrons. The lowest BCUT2D eigenvalue weighted by Gasteiger charge is -2.26. The van der Waals surface area contributed by atoms with Gasteiger partial charge in [-0.25, -0.2) is 14.2 Å². The first-order valence-corrected chi connectivity index (χ1v) is 13.8. The summed E-state index contributed by atoms with van der Waals surface area (Å²) in [7, 11) is 1.58. The third-order valence-electron chi connectivity index (χ3n) is 6.70. The van der Waals surface area contributed by atoms with Crippen molar-refractivity contribution in [3.8, 4) is 22.7 Å². The van der Waals surface area contributed by atoms with Crippen LogP contribution in [0.25, 0.3) is 33.5 Å². The van der Waals surface area contributed by atoms with Crippen LogP contribution in [0.2, 0.25) is 0 Å². The fraction of sp³-hybridized carbons (Fsp3) is 0.308. The number of ether oxygens (including phenoxy) is 2. The average molecular weight is 548 g/mol. The quantitative estimate of drug-likeness (QED) is 0.274. The molecule has 1 N–H and O–H groups in total. The minimum absolute atomic E-state index is 0.109. The molecule has 6 rings (SSSR count). The molecule has 13 heteroatoms. The van der Waals surface area contributed by atoms with Crippen molar-refractivity contribution in [3.63, 3.8) is 0 Å². The number of hydrogen-bond acceptors (Lipinski definition) is 10. The Morgan fingerprint density at radius 2 is 2.05 bits per heavy atom. The van der Waals surface area contributed by atoms with Crippen LogP contribution < -0.4 is 10.1 Å². The van der Waals surface area contributed by atoms with Crippen molar-refractivity contribution < 1.29 is 18.2 Å². The summed E-state index contributed by atoms with van der Waals surface area (Å²) in [5, 5.41) is 13.6. The van der Waals surface area contributed by atoms with E-state index >= 15 is 0 Å². The number of nitrogens with one attached hydrogen (secondary N) is 1. The van der Waals surface area contributed by atoms with Crippen LogP contribution in [-0.2, 0) is 21.6 Å². The van der Waals surface area contributed by atoms with Gasteiger partial charge in [-0.05, 0) is 29.8 Å². The SMILES string of the molecule is COc1ccc(CS(=O)[O-])cc1-n1nc(NCCN2CCOCC2)c2cnc(-c3cnn4cccnc34)cc21. The van der Waals surface area contributed by atoms with Crippen LogP contribution in [-0.4, -0.2) is 89.5 Å². The van der Waals surface area contributed by atoms with E-state index in [1.54, 1.807) is 53.1 Å². The monoisotopic (exact) mass is 547 g/mol. The van der Waals surface area contributed by atoms with Gasteiger partial charge in [-0.2, -0.15) is 5.10 Å². The Morgan fingerprint density at radius 3 is 2.87 bits per heavy atom. The summed E-state index contributed by atoms with van der Waals surface area (Å²) in [6.45, 7) is 4.84. The highest BCUT2D eigenvalue weighted by molar-refractivity contribution is 7.78. The van der Waals surface area contributed by atoms with Crippen molar-refractivity contribution in [3.05, 3.63) is 60.7 Å². The van der Waals surface area contributed by atoms with Crippen molar-refractivity contribution >= 4 is 33.4 Å². The molecule has 12 nitrogen and oxygen atoms in total. The molecule has 1 unspecified atom stereocenters. The molecule has 1 atom stereocenters. The minimum atomic E-state index is -2.23. The lowest BCUT2D eigenvalue weighted by molar-refractivity contribution is 0.0398. The number of benzene rings is 1. The molecule has 202 valence electrons. The van der Waals surface area contributed by atoms with E-state index < -0.39 is 11.1 Å². The zero-order chi connectivity index (χ0) is 26.8. The van der Waals surface area contributed by atoms with Crippen LogP contribution in [0.4, 0.5) is 5.82 Å². The summed E-state index contributed by atoms with van der Waals surface area (Å²) >= 11 is -2.23. The van der Waals surface area contributed by atoms with Gasteiger partial charge in [0.05, 0.1) is 48.7 Å². The van der Waals surface area contributed by atoms with Crippen LogP contribution in [0.1, 0.15) is 5.56 Å². The first-order valence-electron chi connectivity index (χ1n) is 12.6. The fourth-order valence-electron chi connectivity index (χ4n) is 4.76. The number of anilines is 1. The molecule has 1 aliphatic rings. The zero-order valence-electron chi connectivity index (χ0n) is 21.3. The maximum atomic E-state index is 11.4. The van der Waals surface area contributed by atoms with Gasteiger partial charge < -0.3 is 19.3 Å². The highest BCUT2D eigenvalue weighted by Gasteiger charge is 2.19. The standard InChI is InChI=1S/C26H28N8O4S/c1-37-24-4-3-18(17-39(35)36)13-23(24)34-22-14-21(19-16-30-33-7-2-5-28-26(19)33)29-15-20(22)25(31-34)27-6-8-32-9-11-38-12-10-32/h2-5,7,13-16H,6,8-12,17H2,1H3,(H,27,31)(H,35,36)/p-1. The number of pyridine rings is 1. The van der Waals surface area contributed by atoms with E-state index in [4.69, 9.17) is 19.6 Å². The second kappa shape index (κ2) is 11.1. The summed E-state index contributed by atoms with van der Waals surface area (Å²) in [5.41, 5.74) is 4.20. The number of nitrogens with zero attached hydrogens (tertiary/aromatic N) is 7. The molecule has 1 aliphatic heterocycles. The second-order valence-electron chi connectivity index (χ2n) is 9.13. The molecule has 39 heavy (non-hydrogen) atoms. The van der Waals surface area contributed by atoms with E-state index in [0.717, 1.165) is 49.3 Å². The lowest BCUT2D eigenvalue weighted by Crippen LogP contribution is -2.39. The molecule has 1 fully saturated rings. The van der Waals surface area contributed by atoms with Crippen LogP contribution in [0.3, 0.4) is 0 Å². The summed E-state index contributed by atoms with van der Waals surface area (Å²) < 4.78 is 37.4. The highest BCUT2D eigenvalue weighted by Crippen LogP contribution is 2.33. The molecule has 0 bridgehead atoms. The third-order valence-corrected chi connectivity index (χ3v) is 7.27. The Kier molecular flexibility index (Phi) is 7.20. The number of aromatic nitrogens is 6. The van der Waals surface area contributed by atoms with Crippen LogP contribution in [0.5, 0.6) is 5.75 Å². The molecule has 1 aromatic carbocycles. The summed E-state index contributed by atoms with van der Waals surface area (Å²) in [6.07, 6.45) is 7.09. The highest BCUT2D eigenvalue weighted by atomic mass is 32.2. The van der Waals surface area contributed by atoms with E-state index in [1.165, 1.54) is 0 Å². The molecule has 0 saturated carbocycles. The first kappa shape index (κ1) is 25.4. The van der Waals surface area contributed by atoms with Crippen molar-refractivity contribution in [2.24, 2.45) is 0 Å². The second-order valence-corrected chi connectivity index (χ2v) is 10.0. The molecular formula is C26H27N8O4S-. The smallest absolute Gasteiger partial charge is 0.164 e. The molecule has 5 heterocycles. The topological polar surface area (TPSA) is 135 Å². The summed E-state index contributed by atoms with van der Waals surface area (Å²) in [5.74, 6) is 1.13. The number of methoxy groups -OCH3 is 1. The molecule has 1 saturated heterocycles. The number of rotatable bonds is 9. The maximum absolute atomic E-state index is 11.4. The van der Waals surface area contributed by atoms with E-state index in [2.05, 4.69) is 20.3 Å². The van der Waals surface area contributed by atoms with Gasteiger partial charge in [-0.1, -0.05) is 17.1 Å². The van der Waals surface area contributed by atoms with Gasteiger partial charge in [0.2, 0.25) is 0 Å². The molecular weight excluding hydrogens is 520 g/mol. The lowest BCUT2D eigenvalue weighted by atomic mass is 10.1. The Balaban J connectivity index is 1.44. The van der Waals surface area contributed by atoms with Gasteiger partial charge in [0.15, 0.2) is 11.5 Å². The van der Waals surface area contributed by atoms with Gasteiger partial charge in [0, 0.05) is 50.5 Å². The Bertz CT molecular complexity index is 1650. The van der Waals surface area contributed by atoms with E-state index in [0.29, 0.717) is 40.7 Å². The van der Waals surface area contributed by atoms with E-state index in [1.807, 2.05) is 18.3 Å². The van der Waals surface area contributed by atoms with Crippen molar-refractivity contribution in [2.75, 3.05) is 51.8 Å². The predicted molar refractivity (Wildman–Crippen MR) is 146 cm³/mol. The van der Waals surface area contributed by atoms with Gasteiger partial charge >= 0.3 is 0 Å². The summed E-state index contributed by atoms with van der Waals surface area (Å²) in [6, 6.07) is 9.05. The predicted octanol–water partition coefficient (Wildman–Crippen LogP) is 2.26. The Hall–Kier alpha value is -3.91. The Labute approximate surface area is 226 Å². The minimum Gasteiger partial charge on any atom is -0.772 e. The van der Waals surface area contributed by atoms with Gasteiger partial charge in [-0.15, -0.1) is 5.10 Å². The van der Waals surface area contributed by atoms with Gasteiger partial charge in [-0.3, -0.25) is 14.1 Å². The number of hydrogen-bond donors (Lipinski definition) is 1. The van der Waals surface area contributed by atoms with Crippen molar-refractivity contribution in [1.29, 1.82) is 0 Å². The Morgan fingerprint density at radius 1 is 1.18 bits per heavy atom. The van der Waals surface area contributed by atoms with Gasteiger partial charge in [0.25, 0.3) is 0 Å². The largest absolute Gasteiger partial charge is 0.772 e. The van der Waals surface area contributed by atoms with Crippen LogP contribution in [0, 0.1) is 0 Å². The van der Waals surface area contributed by atoms with Crippen LogP contribution in [0.15, 0.2) is 55.1 Å². The normalized spacial score (nSPS) is 15.1. The molecule has 5 aromatic rings. The van der Waals surface area contributed by atoms with E-state index in [9.17, 15) is 8.76 Å². The number of morpholine rings is 1. The maximum Gasteiger partial charge on any atom is 0.164 e. The average Bonchev–Trinajstić information content (AvgIpc) is 3.55. The third kappa shape index (κ3) is 5.21. The molecule has 0 amide bonds. The zero-order valence-corrected chi connectivity index (χ0v) is 22.1. The number of fused-ring (bicyclic) bond motifs is 2. The fourth-order valence-corrected chi connectivity index (χ4v) is 5.22. The molecule has 4 aromatic heterocycles. The van der Waals surface area contributed by atoms with Gasteiger partial charge in [0.1, 0.15) is 11.4 Å². The molecule has 0 aliphatic carbocycles.